The molecular formula is C13H17NO3. The molecule has 1 aromatic rings. The SMILES string of the molecule is CC(Cc1ccc(O)cc1)N1CC(C(=O)O)C1. The van der Waals surface area contributed by atoms with Crippen molar-refractivity contribution in [3.63, 3.8) is 0 Å². The van der Waals surface area contributed by atoms with Gasteiger partial charge in [-0.25, -0.2) is 0 Å². The summed E-state index contributed by atoms with van der Waals surface area (Å²) in [5.41, 5.74) is 1.16. The smallest absolute Gasteiger partial charge is 0.309 e. The predicted octanol–water partition coefficient (Wildman–Crippen LogP) is 1.34. The lowest BCUT2D eigenvalue weighted by molar-refractivity contribution is -0.148. The number of nitrogens with zero attached hydrogens (tertiary/aromatic N) is 1. The first-order valence-corrected chi connectivity index (χ1v) is 5.81. The number of phenolic OH excluding ortho intramolecular Hbond substituents is 1. The Balaban J connectivity index is 1.84. The van der Waals surface area contributed by atoms with Crippen molar-refractivity contribution in [2.75, 3.05) is 13.1 Å². The number of aliphatic carboxylic acids is 1. The maximum Gasteiger partial charge on any atom is 0.309 e. The van der Waals surface area contributed by atoms with Crippen LogP contribution in [0.1, 0.15) is 12.5 Å². The molecule has 92 valence electrons. The summed E-state index contributed by atoms with van der Waals surface area (Å²) in [6.45, 7) is 3.40. The molecule has 4 nitrogen and oxygen atoms in total. The number of carbonyl (C=O) groups is 1. The molecule has 0 aliphatic carbocycles. The second-order valence-electron chi connectivity index (χ2n) is 4.71. The summed E-state index contributed by atoms with van der Waals surface area (Å²) in [6, 6.07) is 7.51. The molecule has 0 radical (unpaired) electrons. The number of aromatic hydroxyl groups is 1. The van der Waals surface area contributed by atoms with E-state index in [0.29, 0.717) is 19.1 Å². The molecule has 0 saturated carbocycles. The molecule has 17 heavy (non-hydrogen) atoms. The number of phenols is 1. The molecule has 2 rings (SSSR count). The van der Waals surface area contributed by atoms with Gasteiger partial charge in [-0.05, 0) is 31.0 Å². The largest absolute Gasteiger partial charge is 0.508 e. The van der Waals surface area contributed by atoms with E-state index in [1.54, 1.807) is 12.1 Å². The highest BCUT2D eigenvalue weighted by atomic mass is 16.4. The van der Waals surface area contributed by atoms with E-state index in [9.17, 15) is 9.90 Å². The minimum absolute atomic E-state index is 0.197. The minimum atomic E-state index is -0.696. The first kappa shape index (κ1) is 11.9. The average molecular weight is 235 g/mol. The van der Waals surface area contributed by atoms with E-state index in [-0.39, 0.29) is 11.7 Å². The average Bonchev–Trinajstić information content (AvgIpc) is 2.18. The molecular weight excluding hydrogens is 218 g/mol. The fourth-order valence-corrected chi connectivity index (χ4v) is 2.13. The Morgan fingerprint density at radius 3 is 2.53 bits per heavy atom. The van der Waals surface area contributed by atoms with E-state index in [2.05, 4.69) is 11.8 Å². The molecule has 0 bridgehead atoms. The van der Waals surface area contributed by atoms with Crippen molar-refractivity contribution >= 4 is 5.97 Å². The lowest BCUT2D eigenvalue weighted by Crippen LogP contribution is -2.54. The van der Waals surface area contributed by atoms with Crippen molar-refractivity contribution < 1.29 is 15.0 Å². The minimum Gasteiger partial charge on any atom is -0.508 e. The fourth-order valence-electron chi connectivity index (χ4n) is 2.13. The van der Waals surface area contributed by atoms with Crippen LogP contribution in [0.15, 0.2) is 24.3 Å². The Kier molecular flexibility index (Phi) is 3.33. The first-order valence-electron chi connectivity index (χ1n) is 5.81. The number of carboxylic acid groups (broad SMARTS) is 1. The van der Waals surface area contributed by atoms with Crippen molar-refractivity contribution in [3.05, 3.63) is 29.8 Å². The molecule has 0 amide bonds. The van der Waals surface area contributed by atoms with E-state index in [4.69, 9.17) is 5.11 Å². The van der Waals surface area contributed by atoms with Crippen LogP contribution in [-0.4, -0.2) is 40.2 Å². The monoisotopic (exact) mass is 235 g/mol. The van der Waals surface area contributed by atoms with Crippen LogP contribution < -0.4 is 0 Å². The lowest BCUT2D eigenvalue weighted by Gasteiger charge is -2.41. The van der Waals surface area contributed by atoms with E-state index in [0.717, 1.165) is 12.0 Å². The Bertz CT molecular complexity index is 396. The third kappa shape index (κ3) is 2.77. The maximum absolute atomic E-state index is 10.7. The molecule has 0 aromatic heterocycles. The standard InChI is InChI=1S/C13H17NO3/c1-9(14-7-11(8-14)13(16)17)6-10-2-4-12(15)5-3-10/h2-5,9,11,15H,6-8H2,1H3,(H,16,17). The zero-order valence-electron chi connectivity index (χ0n) is 9.84. The van der Waals surface area contributed by atoms with Crippen LogP contribution in [0.3, 0.4) is 0 Å². The van der Waals surface area contributed by atoms with Gasteiger partial charge >= 0.3 is 5.97 Å². The Morgan fingerprint density at radius 2 is 2.00 bits per heavy atom. The van der Waals surface area contributed by atoms with Crippen LogP contribution >= 0.6 is 0 Å². The van der Waals surface area contributed by atoms with Crippen molar-refractivity contribution in [1.82, 2.24) is 4.90 Å². The van der Waals surface area contributed by atoms with E-state index >= 15 is 0 Å². The molecule has 1 atom stereocenters. The van der Waals surface area contributed by atoms with Gasteiger partial charge in [0.05, 0.1) is 5.92 Å². The molecule has 1 heterocycles. The number of carboxylic acids is 1. The van der Waals surface area contributed by atoms with Gasteiger partial charge < -0.3 is 10.2 Å². The van der Waals surface area contributed by atoms with Crippen LogP contribution in [0.2, 0.25) is 0 Å². The molecule has 1 saturated heterocycles. The van der Waals surface area contributed by atoms with Gasteiger partial charge in [0.15, 0.2) is 0 Å². The highest BCUT2D eigenvalue weighted by Crippen LogP contribution is 2.21. The van der Waals surface area contributed by atoms with Gasteiger partial charge in [0, 0.05) is 19.1 Å². The van der Waals surface area contributed by atoms with Crippen molar-refractivity contribution in [1.29, 1.82) is 0 Å². The van der Waals surface area contributed by atoms with Crippen LogP contribution in [0.5, 0.6) is 5.75 Å². The zero-order valence-corrected chi connectivity index (χ0v) is 9.84. The van der Waals surface area contributed by atoms with Gasteiger partial charge in [-0.1, -0.05) is 12.1 Å². The van der Waals surface area contributed by atoms with Crippen LogP contribution in [0.4, 0.5) is 0 Å². The number of likely N-dealkylation sites (tertiary alicyclic amines) is 1. The molecule has 4 heteroatoms. The Hall–Kier alpha value is -1.55. The summed E-state index contributed by atoms with van der Waals surface area (Å²) < 4.78 is 0. The molecule has 1 unspecified atom stereocenters. The van der Waals surface area contributed by atoms with Crippen molar-refractivity contribution in [2.45, 2.75) is 19.4 Å². The first-order chi connectivity index (χ1) is 8.06. The lowest BCUT2D eigenvalue weighted by atomic mass is 9.95. The van der Waals surface area contributed by atoms with Crippen LogP contribution in [0.25, 0.3) is 0 Å². The maximum atomic E-state index is 10.7. The number of rotatable bonds is 4. The third-order valence-electron chi connectivity index (χ3n) is 3.35. The molecule has 1 aromatic carbocycles. The van der Waals surface area contributed by atoms with Gasteiger partial charge in [-0.3, -0.25) is 9.69 Å². The second kappa shape index (κ2) is 4.75. The number of hydrogen-bond acceptors (Lipinski definition) is 3. The second-order valence-corrected chi connectivity index (χ2v) is 4.71. The van der Waals surface area contributed by atoms with Gasteiger partial charge in [-0.2, -0.15) is 0 Å². The third-order valence-corrected chi connectivity index (χ3v) is 3.35. The van der Waals surface area contributed by atoms with Gasteiger partial charge in [0.2, 0.25) is 0 Å². The molecule has 0 spiro atoms. The quantitative estimate of drug-likeness (QED) is 0.826. The highest BCUT2D eigenvalue weighted by Gasteiger charge is 2.34. The normalized spacial score (nSPS) is 18.6. The predicted molar refractivity (Wildman–Crippen MR) is 64.0 cm³/mol. The summed E-state index contributed by atoms with van der Waals surface area (Å²) in [5, 5.41) is 18.0. The molecule has 1 aliphatic rings. The van der Waals surface area contributed by atoms with Crippen LogP contribution in [-0.2, 0) is 11.2 Å². The summed E-state index contributed by atoms with van der Waals surface area (Å²) in [6.07, 6.45) is 0.882. The molecule has 2 N–H and O–H groups in total. The van der Waals surface area contributed by atoms with Gasteiger partial charge in [0.25, 0.3) is 0 Å². The Morgan fingerprint density at radius 1 is 1.41 bits per heavy atom. The molecule has 1 fully saturated rings. The summed E-state index contributed by atoms with van der Waals surface area (Å²) in [7, 11) is 0. The molecule has 1 aliphatic heterocycles. The topological polar surface area (TPSA) is 60.8 Å². The Labute approximate surface area is 100 Å². The summed E-state index contributed by atoms with van der Waals surface area (Å²) in [5.74, 6) is -0.619. The van der Waals surface area contributed by atoms with Gasteiger partial charge in [-0.15, -0.1) is 0 Å². The zero-order chi connectivity index (χ0) is 12.4. The van der Waals surface area contributed by atoms with E-state index in [1.807, 2.05) is 12.1 Å². The number of benzene rings is 1. The van der Waals surface area contributed by atoms with Crippen molar-refractivity contribution in [3.8, 4) is 5.75 Å². The summed E-state index contributed by atoms with van der Waals surface area (Å²) in [4.78, 5) is 12.9. The van der Waals surface area contributed by atoms with E-state index < -0.39 is 5.97 Å². The fraction of sp³-hybridized carbons (Fsp3) is 0.462. The summed E-state index contributed by atoms with van der Waals surface area (Å²) >= 11 is 0. The highest BCUT2D eigenvalue weighted by molar-refractivity contribution is 5.71. The number of hydrogen-bond donors (Lipinski definition) is 2. The van der Waals surface area contributed by atoms with Crippen molar-refractivity contribution in [2.24, 2.45) is 5.92 Å². The van der Waals surface area contributed by atoms with Gasteiger partial charge in [0.1, 0.15) is 5.75 Å². The van der Waals surface area contributed by atoms with Crippen LogP contribution in [0, 0.1) is 5.92 Å². The van der Waals surface area contributed by atoms with E-state index in [1.165, 1.54) is 0 Å².